The van der Waals surface area contributed by atoms with E-state index in [1.807, 2.05) is 25.1 Å². The van der Waals surface area contributed by atoms with Crippen molar-refractivity contribution in [2.24, 2.45) is 0 Å². The molecule has 0 aliphatic rings. The van der Waals surface area contributed by atoms with Crippen molar-refractivity contribution in [3.63, 3.8) is 0 Å². The van der Waals surface area contributed by atoms with Gasteiger partial charge in [-0.05, 0) is 34.9 Å². The first-order valence-corrected chi connectivity index (χ1v) is 4.61. The molecule has 0 saturated heterocycles. The van der Waals surface area contributed by atoms with Crippen LogP contribution in [0.5, 0.6) is 0 Å². The molecule has 0 radical (unpaired) electrons. The molecular weight excluding hydrogens is 172 g/mol. The summed E-state index contributed by atoms with van der Waals surface area (Å²) in [6.45, 7) is 1.89. The van der Waals surface area contributed by atoms with Gasteiger partial charge in [0.05, 0.1) is 6.26 Å². The number of fused-ring (bicyclic) bond motifs is 1. The monoisotopic (exact) mass is 184 g/mol. The fraction of sp³-hybridized carbons (Fsp3) is 0.0769. The van der Waals surface area contributed by atoms with E-state index in [2.05, 4.69) is 24.3 Å². The molecule has 0 heterocycles. The molecule has 0 bridgehead atoms. The zero-order valence-corrected chi connectivity index (χ0v) is 8.07. The summed E-state index contributed by atoms with van der Waals surface area (Å²) in [4.78, 5) is 0. The fourth-order valence-corrected chi connectivity index (χ4v) is 1.51. The molecule has 0 spiro atoms. The molecule has 0 saturated carbocycles. The Kier molecular flexibility index (Phi) is 2.23. The molecule has 2 aromatic rings. The summed E-state index contributed by atoms with van der Waals surface area (Å²) in [6.07, 6.45) is 1.14. The minimum atomic E-state index is 0.885. The second kappa shape index (κ2) is 3.54. The fourth-order valence-electron chi connectivity index (χ4n) is 1.51. The number of aliphatic hydroxyl groups excluding tert-OH is 1. The molecule has 0 aliphatic heterocycles. The minimum absolute atomic E-state index is 0.885. The highest BCUT2D eigenvalue weighted by Gasteiger charge is 1.97. The van der Waals surface area contributed by atoms with Crippen molar-refractivity contribution in [3.8, 4) is 0 Å². The van der Waals surface area contributed by atoms with Crippen LogP contribution in [0.15, 0.2) is 48.7 Å². The van der Waals surface area contributed by atoms with Gasteiger partial charge < -0.3 is 5.11 Å². The first kappa shape index (κ1) is 8.82. The van der Waals surface area contributed by atoms with Crippen molar-refractivity contribution in [3.05, 3.63) is 54.3 Å². The third-order valence-corrected chi connectivity index (χ3v) is 2.40. The Balaban J connectivity index is 2.62. The van der Waals surface area contributed by atoms with Gasteiger partial charge in [0.25, 0.3) is 0 Å². The second-order valence-electron chi connectivity index (χ2n) is 3.37. The number of rotatable bonds is 1. The lowest BCUT2D eigenvalue weighted by Crippen LogP contribution is -1.80. The summed E-state index contributed by atoms with van der Waals surface area (Å²) in [5.74, 6) is 0. The summed E-state index contributed by atoms with van der Waals surface area (Å²) in [5, 5.41) is 11.3. The maximum absolute atomic E-state index is 8.90. The Bertz CT molecular complexity index is 483. The second-order valence-corrected chi connectivity index (χ2v) is 3.37. The quantitative estimate of drug-likeness (QED) is 0.669. The van der Waals surface area contributed by atoms with Gasteiger partial charge in [0.2, 0.25) is 0 Å². The molecule has 0 amide bonds. The highest BCUT2D eigenvalue weighted by Crippen LogP contribution is 2.20. The van der Waals surface area contributed by atoms with Crippen molar-refractivity contribution < 1.29 is 5.11 Å². The summed E-state index contributed by atoms with van der Waals surface area (Å²) in [7, 11) is 0. The number of benzene rings is 2. The van der Waals surface area contributed by atoms with Crippen LogP contribution < -0.4 is 0 Å². The molecule has 2 rings (SSSR count). The molecular formula is C13H12O. The van der Waals surface area contributed by atoms with E-state index < -0.39 is 0 Å². The number of allylic oxidation sites excluding steroid dienone is 1. The number of hydrogen-bond donors (Lipinski definition) is 1. The molecule has 70 valence electrons. The SMILES string of the molecule is C/C(=C\O)c1ccc2ccccc2c1. The Morgan fingerprint density at radius 3 is 2.50 bits per heavy atom. The lowest BCUT2D eigenvalue weighted by Gasteiger charge is -2.02. The molecule has 0 fully saturated rings. The zero-order chi connectivity index (χ0) is 9.97. The van der Waals surface area contributed by atoms with Crippen LogP contribution in [0.1, 0.15) is 12.5 Å². The van der Waals surface area contributed by atoms with Gasteiger partial charge in [0.1, 0.15) is 0 Å². The molecule has 1 nitrogen and oxygen atoms in total. The van der Waals surface area contributed by atoms with Gasteiger partial charge in [-0.25, -0.2) is 0 Å². The van der Waals surface area contributed by atoms with Crippen molar-refractivity contribution in [1.82, 2.24) is 0 Å². The van der Waals surface area contributed by atoms with E-state index in [0.29, 0.717) is 0 Å². The van der Waals surface area contributed by atoms with Gasteiger partial charge >= 0.3 is 0 Å². The van der Waals surface area contributed by atoms with Gasteiger partial charge in [-0.1, -0.05) is 36.4 Å². The standard InChI is InChI=1S/C13H12O/c1-10(9-14)12-7-6-11-4-2-3-5-13(11)8-12/h2-9,14H,1H3/b10-9+. The van der Waals surface area contributed by atoms with Gasteiger partial charge in [-0.15, -0.1) is 0 Å². The Labute approximate surface area is 83.3 Å². The van der Waals surface area contributed by atoms with E-state index in [-0.39, 0.29) is 0 Å². The molecule has 0 aliphatic carbocycles. The van der Waals surface area contributed by atoms with E-state index in [1.165, 1.54) is 10.8 Å². The van der Waals surface area contributed by atoms with E-state index in [9.17, 15) is 0 Å². The van der Waals surface area contributed by atoms with Crippen LogP contribution >= 0.6 is 0 Å². The van der Waals surface area contributed by atoms with Crippen molar-refractivity contribution in [2.45, 2.75) is 6.92 Å². The average molecular weight is 184 g/mol. The van der Waals surface area contributed by atoms with Gasteiger partial charge in [-0.2, -0.15) is 0 Å². The Morgan fingerprint density at radius 1 is 1.07 bits per heavy atom. The molecule has 0 atom stereocenters. The third-order valence-electron chi connectivity index (χ3n) is 2.40. The summed E-state index contributed by atoms with van der Waals surface area (Å²) in [6, 6.07) is 14.4. The summed E-state index contributed by atoms with van der Waals surface area (Å²) >= 11 is 0. The van der Waals surface area contributed by atoms with Gasteiger partial charge in [-0.3, -0.25) is 0 Å². The van der Waals surface area contributed by atoms with Gasteiger partial charge in [0, 0.05) is 0 Å². The molecule has 0 aromatic heterocycles. The topological polar surface area (TPSA) is 20.2 Å². The van der Waals surface area contributed by atoms with Crippen LogP contribution in [0.25, 0.3) is 16.3 Å². The van der Waals surface area contributed by atoms with Crippen LogP contribution in [0.2, 0.25) is 0 Å². The largest absolute Gasteiger partial charge is 0.515 e. The summed E-state index contributed by atoms with van der Waals surface area (Å²) < 4.78 is 0. The average Bonchev–Trinajstić information content (AvgIpc) is 2.27. The lowest BCUT2D eigenvalue weighted by molar-refractivity contribution is 0.475. The van der Waals surface area contributed by atoms with Crippen LogP contribution in [0, 0.1) is 0 Å². The van der Waals surface area contributed by atoms with Crippen molar-refractivity contribution in [2.75, 3.05) is 0 Å². The highest BCUT2D eigenvalue weighted by atomic mass is 16.2. The van der Waals surface area contributed by atoms with E-state index >= 15 is 0 Å². The number of aliphatic hydroxyl groups is 1. The smallest absolute Gasteiger partial charge is 0.0826 e. The Hall–Kier alpha value is -1.76. The Morgan fingerprint density at radius 2 is 1.79 bits per heavy atom. The van der Waals surface area contributed by atoms with Crippen LogP contribution in [0.4, 0.5) is 0 Å². The maximum atomic E-state index is 8.90. The zero-order valence-electron chi connectivity index (χ0n) is 8.07. The molecule has 14 heavy (non-hydrogen) atoms. The van der Waals surface area contributed by atoms with Crippen LogP contribution in [-0.2, 0) is 0 Å². The van der Waals surface area contributed by atoms with Crippen molar-refractivity contribution in [1.29, 1.82) is 0 Å². The molecule has 1 heteroatoms. The lowest BCUT2D eigenvalue weighted by atomic mass is 10.0. The summed E-state index contributed by atoms with van der Waals surface area (Å²) in [5.41, 5.74) is 1.95. The predicted molar refractivity (Wildman–Crippen MR) is 60.2 cm³/mol. The molecule has 0 unspecified atom stereocenters. The van der Waals surface area contributed by atoms with Gasteiger partial charge in [0.15, 0.2) is 0 Å². The minimum Gasteiger partial charge on any atom is -0.515 e. The highest BCUT2D eigenvalue weighted by molar-refractivity contribution is 5.85. The van der Waals surface area contributed by atoms with Crippen molar-refractivity contribution >= 4 is 16.3 Å². The van der Waals surface area contributed by atoms with E-state index in [4.69, 9.17) is 5.11 Å². The van der Waals surface area contributed by atoms with E-state index in [1.54, 1.807) is 0 Å². The molecule has 2 aromatic carbocycles. The first-order valence-electron chi connectivity index (χ1n) is 4.61. The number of hydrogen-bond acceptors (Lipinski definition) is 1. The maximum Gasteiger partial charge on any atom is 0.0826 e. The van der Waals surface area contributed by atoms with Crippen LogP contribution in [0.3, 0.4) is 0 Å². The van der Waals surface area contributed by atoms with E-state index in [0.717, 1.165) is 17.4 Å². The first-order chi connectivity index (χ1) is 6.81. The third kappa shape index (κ3) is 1.49. The normalized spacial score (nSPS) is 11.9. The predicted octanol–water partition coefficient (Wildman–Crippen LogP) is 3.76. The molecule has 1 N–H and O–H groups in total. The van der Waals surface area contributed by atoms with Crippen LogP contribution in [-0.4, -0.2) is 5.11 Å².